The normalized spacial score (nSPS) is 19.2. The molecular weight excluding hydrogens is 394 g/mol. The van der Waals surface area contributed by atoms with Crippen LogP contribution in [0.2, 0.25) is 0 Å². The van der Waals surface area contributed by atoms with Crippen LogP contribution >= 0.6 is 0 Å². The second kappa shape index (κ2) is 12.9. The average molecular weight is 434 g/mol. The van der Waals surface area contributed by atoms with Gasteiger partial charge in [0.05, 0.1) is 7.11 Å². The Hall–Kier alpha value is -1.83. The van der Waals surface area contributed by atoms with Gasteiger partial charge in [-0.1, -0.05) is 18.9 Å². The molecule has 0 aromatic heterocycles. The highest BCUT2D eigenvalue weighted by Gasteiger charge is 2.17. The second-order valence-corrected chi connectivity index (χ2v) is 8.68. The van der Waals surface area contributed by atoms with Crippen molar-refractivity contribution in [2.24, 2.45) is 0 Å². The minimum atomic E-state index is -0.512. The lowest BCUT2D eigenvalue weighted by Crippen LogP contribution is -2.39. The maximum absolute atomic E-state index is 11.9. The number of carbonyl (C=O) groups excluding carboxylic acids is 1. The molecule has 0 radical (unpaired) electrons. The fourth-order valence-electron chi connectivity index (χ4n) is 4.34. The highest BCUT2D eigenvalue weighted by atomic mass is 16.5. The average Bonchev–Trinajstić information content (AvgIpc) is 3.05. The Bertz CT molecular complexity index is 677. The van der Waals surface area contributed by atoms with E-state index in [0.29, 0.717) is 31.0 Å². The Morgan fingerprint density at radius 2 is 1.84 bits per heavy atom. The third kappa shape index (κ3) is 7.98. The lowest BCUT2D eigenvalue weighted by molar-refractivity contribution is -0.133. The number of rotatable bonds is 11. The number of ether oxygens (including phenoxy) is 2. The van der Waals surface area contributed by atoms with Crippen molar-refractivity contribution in [3.05, 3.63) is 23.8 Å². The van der Waals surface area contributed by atoms with Gasteiger partial charge >= 0.3 is 0 Å². The van der Waals surface area contributed by atoms with Gasteiger partial charge in [0.15, 0.2) is 11.5 Å². The minimum absolute atomic E-state index is 0.258. The summed E-state index contributed by atoms with van der Waals surface area (Å²) >= 11 is 0. The van der Waals surface area contributed by atoms with Crippen LogP contribution in [-0.2, 0) is 11.3 Å². The topological polar surface area (TPSA) is 74.3 Å². The molecule has 7 nitrogen and oxygen atoms in total. The molecule has 2 heterocycles. The number of amides is 1. The third-order valence-corrected chi connectivity index (χ3v) is 6.14. The molecule has 2 aliphatic heterocycles. The zero-order valence-corrected chi connectivity index (χ0v) is 19.0. The van der Waals surface area contributed by atoms with Crippen LogP contribution in [0.3, 0.4) is 0 Å². The molecule has 2 saturated heterocycles. The highest BCUT2D eigenvalue weighted by molar-refractivity contribution is 5.76. The summed E-state index contributed by atoms with van der Waals surface area (Å²) < 4.78 is 11.4. The van der Waals surface area contributed by atoms with Gasteiger partial charge in [-0.15, -0.1) is 0 Å². The molecule has 3 rings (SSSR count). The molecule has 2 aliphatic rings. The van der Waals surface area contributed by atoms with Crippen LogP contribution in [-0.4, -0.2) is 79.9 Å². The maximum Gasteiger partial charge on any atom is 0.222 e. The summed E-state index contributed by atoms with van der Waals surface area (Å²) in [5.74, 6) is 1.60. The van der Waals surface area contributed by atoms with Gasteiger partial charge in [-0.25, -0.2) is 0 Å². The van der Waals surface area contributed by atoms with Gasteiger partial charge in [-0.2, -0.15) is 0 Å². The molecule has 1 amide bonds. The molecule has 1 aromatic rings. The summed E-state index contributed by atoms with van der Waals surface area (Å²) in [6.07, 6.45) is 7.31. The summed E-state index contributed by atoms with van der Waals surface area (Å²) in [5, 5.41) is 13.8. The fourth-order valence-corrected chi connectivity index (χ4v) is 4.34. The first-order valence-electron chi connectivity index (χ1n) is 11.8. The van der Waals surface area contributed by atoms with Gasteiger partial charge < -0.3 is 29.7 Å². The van der Waals surface area contributed by atoms with Crippen molar-refractivity contribution in [2.45, 2.75) is 57.6 Å². The van der Waals surface area contributed by atoms with Crippen molar-refractivity contribution in [1.29, 1.82) is 0 Å². The summed E-state index contributed by atoms with van der Waals surface area (Å²) in [6.45, 7) is 6.15. The number of aliphatic hydroxyl groups is 1. The number of piperidine rings is 1. The van der Waals surface area contributed by atoms with E-state index in [1.165, 1.54) is 25.7 Å². The van der Waals surface area contributed by atoms with E-state index in [-0.39, 0.29) is 12.5 Å². The summed E-state index contributed by atoms with van der Waals surface area (Å²) in [4.78, 5) is 16.2. The first-order valence-corrected chi connectivity index (χ1v) is 11.8. The van der Waals surface area contributed by atoms with Gasteiger partial charge in [0.2, 0.25) is 5.91 Å². The Kier molecular flexibility index (Phi) is 9.90. The van der Waals surface area contributed by atoms with Crippen molar-refractivity contribution in [3.8, 4) is 11.5 Å². The van der Waals surface area contributed by atoms with E-state index in [1.54, 1.807) is 7.11 Å². The Morgan fingerprint density at radius 1 is 1.06 bits per heavy atom. The molecule has 1 aromatic carbocycles. The van der Waals surface area contributed by atoms with Gasteiger partial charge in [0.25, 0.3) is 0 Å². The first kappa shape index (κ1) is 23.8. The molecule has 1 unspecified atom stereocenters. The van der Waals surface area contributed by atoms with Crippen molar-refractivity contribution >= 4 is 5.91 Å². The minimum Gasteiger partial charge on any atom is -0.493 e. The van der Waals surface area contributed by atoms with Crippen LogP contribution in [0.15, 0.2) is 18.2 Å². The number of nitrogens with one attached hydrogen (secondary N) is 1. The Labute approximate surface area is 186 Å². The molecule has 0 aliphatic carbocycles. The van der Waals surface area contributed by atoms with E-state index in [4.69, 9.17) is 9.47 Å². The Balaban J connectivity index is 1.40. The smallest absolute Gasteiger partial charge is 0.222 e. The van der Waals surface area contributed by atoms with Crippen LogP contribution < -0.4 is 14.8 Å². The van der Waals surface area contributed by atoms with Gasteiger partial charge in [0.1, 0.15) is 12.7 Å². The molecule has 31 heavy (non-hydrogen) atoms. The number of carbonyl (C=O) groups is 1. The number of β-amino-alcohol motifs (C(OH)–C–C–N with tert-alkyl or cyclic N) is 1. The predicted octanol–water partition coefficient (Wildman–Crippen LogP) is 2.41. The van der Waals surface area contributed by atoms with Crippen LogP contribution in [0.1, 0.15) is 50.5 Å². The van der Waals surface area contributed by atoms with E-state index < -0.39 is 6.10 Å². The molecule has 1 atom stereocenters. The van der Waals surface area contributed by atoms with Crippen molar-refractivity contribution in [1.82, 2.24) is 15.1 Å². The molecular formula is C24H39N3O4. The third-order valence-electron chi connectivity index (χ3n) is 6.14. The van der Waals surface area contributed by atoms with Crippen molar-refractivity contribution < 1.29 is 19.4 Å². The molecule has 0 bridgehead atoms. The molecule has 0 saturated carbocycles. The lowest BCUT2D eigenvalue weighted by Gasteiger charge is -2.26. The van der Waals surface area contributed by atoms with Gasteiger partial charge in [0, 0.05) is 39.1 Å². The van der Waals surface area contributed by atoms with Crippen LogP contribution in [0.4, 0.5) is 0 Å². The highest BCUT2D eigenvalue weighted by Crippen LogP contribution is 2.28. The van der Waals surface area contributed by atoms with Gasteiger partial charge in [-0.3, -0.25) is 4.79 Å². The number of nitrogens with zero attached hydrogens (tertiary/aromatic N) is 2. The largest absolute Gasteiger partial charge is 0.493 e. The summed E-state index contributed by atoms with van der Waals surface area (Å²) in [7, 11) is 1.63. The van der Waals surface area contributed by atoms with Crippen LogP contribution in [0.25, 0.3) is 0 Å². The zero-order chi connectivity index (χ0) is 21.9. The van der Waals surface area contributed by atoms with E-state index in [0.717, 1.165) is 51.1 Å². The monoisotopic (exact) mass is 433 g/mol. The molecule has 174 valence electrons. The number of likely N-dealkylation sites (tertiary alicyclic amines) is 2. The van der Waals surface area contributed by atoms with E-state index in [9.17, 15) is 9.90 Å². The van der Waals surface area contributed by atoms with Crippen molar-refractivity contribution in [3.63, 3.8) is 0 Å². The SMILES string of the molecule is COc1cc(CNCCN2CCCCC2=O)ccc1OCC(O)CN1CCCCCC1. The molecule has 7 heteroatoms. The summed E-state index contributed by atoms with van der Waals surface area (Å²) in [5.41, 5.74) is 1.10. The van der Waals surface area contributed by atoms with Gasteiger partial charge in [-0.05, 0) is 56.5 Å². The number of methoxy groups -OCH3 is 1. The predicted molar refractivity (Wildman–Crippen MR) is 122 cm³/mol. The Morgan fingerprint density at radius 3 is 2.58 bits per heavy atom. The molecule has 2 fully saturated rings. The quantitative estimate of drug-likeness (QED) is 0.522. The van der Waals surface area contributed by atoms with Crippen LogP contribution in [0, 0.1) is 0 Å². The molecule has 2 N–H and O–H groups in total. The van der Waals surface area contributed by atoms with Crippen molar-refractivity contribution in [2.75, 3.05) is 53.0 Å². The number of benzene rings is 1. The standard InChI is InChI=1S/C24H39N3O4/c1-30-23-16-20(17-25-11-15-27-14-7-4-8-24(27)29)9-10-22(23)31-19-21(28)18-26-12-5-2-3-6-13-26/h9-10,16,21,25,28H,2-8,11-15,17-19H2,1H3. The molecule has 0 spiro atoms. The summed E-state index contributed by atoms with van der Waals surface area (Å²) in [6, 6.07) is 5.89. The number of aliphatic hydroxyl groups excluding tert-OH is 1. The van der Waals surface area contributed by atoms with Crippen LogP contribution in [0.5, 0.6) is 11.5 Å². The first-order chi connectivity index (χ1) is 15.2. The fraction of sp³-hybridized carbons (Fsp3) is 0.708. The number of hydrogen-bond donors (Lipinski definition) is 2. The zero-order valence-electron chi connectivity index (χ0n) is 19.0. The van der Waals surface area contributed by atoms with E-state index >= 15 is 0 Å². The van der Waals surface area contributed by atoms with E-state index in [2.05, 4.69) is 10.2 Å². The number of hydrogen-bond acceptors (Lipinski definition) is 6. The second-order valence-electron chi connectivity index (χ2n) is 8.68. The van der Waals surface area contributed by atoms with E-state index in [1.807, 2.05) is 23.1 Å². The maximum atomic E-state index is 11.9. The lowest BCUT2D eigenvalue weighted by atomic mass is 10.1.